The van der Waals surface area contributed by atoms with Gasteiger partial charge in [0.15, 0.2) is 0 Å². The number of nitrogens with zero attached hydrogens (tertiary/aromatic N) is 3. The van der Waals surface area contributed by atoms with E-state index >= 15 is 0 Å². The van der Waals surface area contributed by atoms with Crippen molar-refractivity contribution in [1.82, 2.24) is 9.55 Å². The van der Waals surface area contributed by atoms with Crippen molar-refractivity contribution < 1.29 is 0 Å². The zero-order valence-corrected chi connectivity index (χ0v) is 15.0. The molecule has 132 valence electrons. The molecule has 5 rings (SSSR count). The highest BCUT2D eigenvalue weighted by molar-refractivity contribution is 6.06. The van der Waals surface area contributed by atoms with Crippen molar-refractivity contribution in [3.05, 3.63) is 96.7 Å². The molecule has 0 fully saturated rings. The van der Waals surface area contributed by atoms with Crippen LogP contribution in [0.4, 0.5) is 11.4 Å². The van der Waals surface area contributed by atoms with Gasteiger partial charge in [-0.25, -0.2) is 0 Å². The summed E-state index contributed by atoms with van der Waals surface area (Å²) in [5.41, 5.74) is 6.82. The van der Waals surface area contributed by atoms with Gasteiger partial charge < -0.3 is 9.88 Å². The van der Waals surface area contributed by atoms with E-state index < -0.39 is 0 Å². The lowest BCUT2D eigenvalue weighted by Crippen LogP contribution is -1.95. The monoisotopic (exact) mass is 360 g/mol. The number of rotatable bonds is 3. The first kappa shape index (κ1) is 16.1. The van der Waals surface area contributed by atoms with Gasteiger partial charge >= 0.3 is 0 Å². The molecule has 0 bridgehead atoms. The first-order valence-corrected chi connectivity index (χ1v) is 9.05. The predicted octanol–water partition coefficient (Wildman–Crippen LogP) is 5.79. The summed E-state index contributed by atoms with van der Waals surface area (Å²) in [6.07, 6.45) is 1.83. The van der Waals surface area contributed by atoms with Crippen LogP contribution in [0.1, 0.15) is 5.56 Å². The lowest BCUT2D eigenvalue weighted by atomic mass is 10.2. The fraction of sp³-hybridized carbons (Fsp3) is 0. The Kier molecular flexibility index (Phi) is 3.78. The van der Waals surface area contributed by atoms with Gasteiger partial charge in [-0.2, -0.15) is 5.26 Å². The van der Waals surface area contributed by atoms with Crippen LogP contribution in [-0.2, 0) is 0 Å². The van der Waals surface area contributed by atoms with E-state index in [0.717, 1.165) is 39.0 Å². The molecule has 4 heteroatoms. The van der Waals surface area contributed by atoms with E-state index in [9.17, 15) is 0 Å². The number of fused-ring (bicyclic) bond motifs is 3. The Labute approximate surface area is 162 Å². The SMILES string of the molecule is N#Cc1cccc(Nc2ccc(-n3c4ccccc4c4ncccc43)cc2)c1. The van der Waals surface area contributed by atoms with E-state index in [4.69, 9.17) is 5.26 Å². The minimum atomic E-state index is 0.638. The van der Waals surface area contributed by atoms with Crippen molar-refractivity contribution in [2.75, 3.05) is 5.32 Å². The molecular weight excluding hydrogens is 344 g/mol. The molecule has 0 saturated carbocycles. The number of anilines is 2. The Bertz CT molecular complexity index is 1290. The molecular formula is C24H16N4. The fourth-order valence-electron chi connectivity index (χ4n) is 3.59. The fourth-order valence-corrected chi connectivity index (χ4v) is 3.59. The van der Waals surface area contributed by atoms with Crippen LogP contribution in [-0.4, -0.2) is 9.55 Å². The van der Waals surface area contributed by atoms with Crippen molar-refractivity contribution in [2.45, 2.75) is 0 Å². The van der Waals surface area contributed by atoms with Gasteiger partial charge in [0.1, 0.15) is 0 Å². The van der Waals surface area contributed by atoms with E-state index in [-0.39, 0.29) is 0 Å². The molecule has 0 spiro atoms. The molecule has 2 heterocycles. The predicted molar refractivity (Wildman–Crippen MR) is 113 cm³/mol. The normalized spacial score (nSPS) is 10.8. The van der Waals surface area contributed by atoms with Crippen LogP contribution in [0.2, 0.25) is 0 Å². The highest BCUT2D eigenvalue weighted by Gasteiger charge is 2.12. The zero-order valence-electron chi connectivity index (χ0n) is 15.0. The third kappa shape index (κ3) is 2.67. The highest BCUT2D eigenvalue weighted by atomic mass is 15.0. The van der Waals surface area contributed by atoms with Crippen LogP contribution in [0.5, 0.6) is 0 Å². The van der Waals surface area contributed by atoms with Gasteiger partial charge in [-0.05, 0) is 60.7 Å². The van der Waals surface area contributed by atoms with Crippen molar-refractivity contribution >= 4 is 33.3 Å². The van der Waals surface area contributed by atoms with E-state index in [1.54, 1.807) is 6.07 Å². The van der Waals surface area contributed by atoms with Gasteiger partial charge in [0, 0.05) is 28.6 Å². The average molecular weight is 360 g/mol. The smallest absolute Gasteiger partial charge is 0.0992 e. The maximum Gasteiger partial charge on any atom is 0.0992 e. The van der Waals surface area contributed by atoms with Gasteiger partial charge in [-0.3, -0.25) is 4.98 Å². The maximum atomic E-state index is 9.06. The third-order valence-corrected chi connectivity index (χ3v) is 4.83. The number of aromatic nitrogens is 2. The number of benzene rings is 3. The zero-order chi connectivity index (χ0) is 18.9. The first-order chi connectivity index (χ1) is 13.8. The molecule has 28 heavy (non-hydrogen) atoms. The summed E-state index contributed by atoms with van der Waals surface area (Å²) in [5.74, 6) is 0. The number of nitrogens with one attached hydrogen (secondary N) is 1. The van der Waals surface area contributed by atoms with Crippen molar-refractivity contribution in [3.63, 3.8) is 0 Å². The van der Waals surface area contributed by atoms with Gasteiger partial charge in [0.25, 0.3) is 0 Å². The molecule has 0 aliphatic rings. The van der Waals surface area contributed by atoms with E-state index in [2.05, 4.69) is 57.3 Å². The topological polar surface area (TPSA) is 53.6 Å². The lowest BCUT2D eigenvalue weighted by Gasteiger charge is -2.10. The quantitative estimate of drug-likeness (QED) is 0.443. The van der Waals surface area contributed by atoms with Gasteiger partial charge in [0.05, 0.1) is 28.2 Å². The van der Waals surface area contributed by atoms with Crippen LogP contribution < -0.4 is 5.32 Å². The summed E-state index contributed by atoms with van der Waals surface area (Å²) in [4.78, 5) is 4.59. The van der Waals surface area contributed by atoms with Gasteiger partial charge in [0.2, 0.25) is 0 Å². The van der Waals surface area contributed by atoms with Gasteiger partial charge in [-0.1, -0.05) is 24.3 Å². The van der Waals surface area contributed by atoms with Crippen LogP contribution in [0.3, 0.4) is 0 Å². The number of pyridine rings is 1. The summed E-state index contributed by atoms with van der Waals surface area (Å²) in [5, 5.41) is 13.6. The molecule has 3 aromatic carbocycles. The molecule has 0 aliphatic heterocycles. The Balaban J connectivity index is 1.56. The molecule has 0 saturated heterocycles. The summed E-state index contributed by atoms with van der Waals surface area (Å²) in [6.45, 7) is 0. The summed E-state index contributed by atoms with van der Waals surface area (Å²) in [6, 6.07) is 30.3. The molecule has 0 unspecified atom stereocenters. The van der Waals surface area contributed by atoms with E-state index in [1.807, 2.05) is 48.7 Å². The highest BCUT2D eigenvalue weighted by Crippen LogP contribution is 2.31. The average Bonchev–Trinajstić information content (AvgIpc) is 3.09. The van der Waals surface area contributed by atoms with Gasteiger partial charge in [-0.15, -0.1) is 0 Å². The Hall–Kier alpha value is -4.10. The van der Waals surface area contributed by atoms with Crippen molar-refractivity contribution in [2.24, 2.45) is 0 Å². The largest absolute Gasteiger partial charge is 0.355 e. The van der Waals surface area contributed by atoms with Crippen LogP contribution >= 0.6 is 0 Å². The maximum absolute atomic E-state index is 9.06. The lowest BCUT2D eigenvalue weighted by molar-refractivity contribution is 1.17. The molecule has 5 aromatic rings. The second-order valence-electron chi connectivity index (χ2n) is 6.59. The minimum absolute atomic E-state index is 0.638. The Morgan fingerprint density at radius 3 is 2.46 bits per heavy atom. The van der Waals surface area contributed by atoms with Crippen molar-refractivity contribution in [3.8, 4) is 11.8 Å². The molecule has 2 aromatic heterocycles. The summed E-state index contributed by atoms with van der Waals surface area (Å²) in [7, 11) is 0. The Morgan fingerprint density at radius 1 is 0.786 bits per heavy atom. The molecule has 0 atom stereocenters. The number of para-hydroxylation sites is 1. The van der Waals surface area contributed by atoms with Crippen LogP contribution in [0, 0.1) is 11.3 Å². The summed E-state index contributed by atoms with van der Waals surface area (Å²) >= 11 is 0. The first-order valence-electron chi connectivity index (χ1n) is 9.05. The molecule has 1 N–H and O–H groups in total. The molecule has 0 aliphatic carbocycles. The summed E-state index contributed by atoms with van der Waals surface area (Å²) < 4.78 is 2.23. The molecule has 0 amide bonds. The second-order valence-corrected chi connectivity index (χ2v) is 6.59. The van der Waals surface area contributed by atoms with Crippen LogP contribution in [0.25, 0.3) is 27.6 Å². The number of hydrogen-bond donors (Lipinski definition) is 1. The Morgan fingerprint density at radius 2 is 1.61 bits per heavy atom. The standard InChI is InChI=1S/C24H16N4/c25-16-17-5-3-6-19(15-17)27-18-10-12-20(13-11-18)28-22-8-2-1-7-21(22)24-23(28)9-4-14-26-24/h1-15,27H. The molecule has 4 nitrogen and oxygen atoms in total. The van der Waals surface area contributed by atoms with Crippen LogP contribution in [0.15, 0.2) is 91.1 Å². The minimum Gasteiger partial charge on any atom is -0.355 e. The third-order valence-electron chi connectivity index (χ3n) is 4.83. The number of nitriles is 1. The van der Waals surface area contributed by atoms with E-state index in [0.29, 0.717) is 5.56 Å². The van der Waals surface area contributed by atoms with Crippen molar-refractivity contribution in [1.29, 1.82) is 5.26 Å². The van der Waals surface area contributed by atoms with E-state index in [1.165, 1.54) is 0 Å². The molecule has 0 radical (unpaired) electrons. The number of hydrogen-bond acceptors (Lipinski definition) is 3. The second kappa shape index (κ2) is 6.57.